The van der Waals surface area contributed by atoms with Crippen LogP contribution in [-0.4, -0.2) is 31.2 Å². The molecule has 0 aliphatic carbocycles. The highest BCUT2D eigenvalue weighted by atomic mass is 35.5. The molecule has 0 bridgehead atoms. The van der Waals surface area contributed by atoms with Crippen LogP contribution in [0.1, 0.15) is 12.8 Å². The van der Waals surface area contributed by atoms with E-state index in [0.717, 1.165) is 6.42 Å². The molecule has 0 spiro atoms. The number of halogens is 1. The van der Waals surface area contributed by atoms with E-state index in [1.807, 2.05) is 18.2 Å². The molecule has 1 aliphatic heterocycles. The lowest BCUT2D eigenvalue weighted by molar-refractivity contribution is -0.156. The third-order valence-corrected chi connectivity index (χ3v) is 3.96. The fourth-order valence-corrected chi connectivity index (χ4v) is 2.66. The summed E-state index contributed by atoms with van der Waals surface area (Å²) in [5.41, 5.74) is 0.388. The summed E-state index contributed by atoms with van der Waals surface area (Å²) in [7, 11) is 0. The summed E-state index contributed by atoms with van der Waals surface area (Å²) in [6.07, 6.45) is 0.851. The van der Waals surface area contributed by atoms with Crippen LogP contribution in [0.4, 0.5) is 5.69 Å². The lowest BCUT2D eigenvalue weighted by atomic mass is 10.2. The van der Waals surface area contributed by atoms with E-state index in [0.29, 0.717) is 35.2 Å². The number of amides is 1. The number of anilines is 1. The lowest BCUT2D eigenvalue weighted by Gasteiger charge is -2.13. The van der Waals surface area contributed by atoms with E-state index in [-0.39, 0.29) is 0 Å². The third kappa shape index (κ3) is 4.97. The quantitative estimate of drug-likeness (QED) is 0.777. The molecular formula is C19H18ClNO5. The fourth-order valence-electron chi connectivity index (χ4n) is 2.48. The van der Waals surface area contributed by atoms with Crippen molar-refractivity contribution in [2.45, 2.75) is 18.9 Å². The zero-order valence-corrected chi connectivity index (χ0v) is 14.7. The van der Waals surface area contributed by atoms with Crippen LogP contribution >= 0.6 is 11.6 Å². The molecule has 2 aromatic carbocycles. The molecule has 1 heterocycles. The van der Waals surface area contributed by atoms with Gasteiger partial charge in [-0.15, -0.1) is 0 Å². The van der Waals surface area contributed by atoms with Gasteiger partial charge in [-0.1, -0.05) is 29.8 Å². The highest BCUT2D eigenvalue weighted by Gasteiger charge is 2.25. The summed E-state index contributed by atoms with van der Waals surface area (Å²) >= 11 is 6.01. The van der Waals surface area contributed by atoms with Gasteiger partial charge in [-0.05, 0) is 43.2 Å². The normalized spacial score (nSPS) is 16.1. The molecule has 0 saturated carbocycles. The average molecular weight is 376 g/mol. The van der Waals surface area contributed by atoms with E-state index < -0.39 is 24.6 Å². The number of hydrogen-bond acceptors (Lipinski definition) is 5. The second kappa shape index (κ2) is 8.69. The first kappa shape index (κ1) is 18.2. The predicted molar refractivity (Wildman–Crippen MR) is 96.5 cm³/mol. The molecular weight excluding hydrogens is 358 g/mol. The highest BCUT2D eigenvalue weighted by Crippen LogP contribution is 2.32. The monoisotopic (exact) mass is 375 g/mol. The van der Waals surface area contributed by atoms with Gasteiger partial charge in [0.15, 0.2) is 18.5 Å². The molecule has 0 radical (unpaired) electrons. The minimum atomic E-state index is -0.578. The van der Waals surface area contributed by atoms with Crippen molar-refractivity contribution in [1.82, 2.24) is 0 Å². The fraction of sp³-hybridized carbons (Fsp3) is 0.263. The number of carbonyl (C=O) groups is 2. The van der Waals surface area contributed by atoms with Gasteiger partial charge in [-0.25, -0.2) is 4.79 Å². The number of carbonyl (C=O) groups excluding carboxylic acids is 2. The van der Waals surface area contributed by atoms with Crippen molar-refractivity contribution < 1.29 is 23.8 Å². The molecule has 2 aromatic rings. The summed E-state index contributed by atoms with van der Waals surface area (Å²) in [6, 6.07) is 14.0. The Morgan fingerprint density at radius 2 is 2.00 bits per heavy atom. The maximum atomic E-state index is 12.1. The molecule has 26 heavy (non-hydrogen) atoms. The standard InChI is InChI=1S/C19H18ClNO5/c20-13-8-9-16(26-14-5-2-1-3-6-14)15(11-13)21-18(22)12-25-19(23)17-7-4-10-24-17/h1-3,5-6,8-9,11,17H,4,7,10,12H2,(H,21,22). The van der Waals surface area contributed by atoms with Crippen molar-refractivity contribution in [3.05, 3.63) is 53.6 Å². The van der Waals surface area contributed by atoms with Crippen molar-refractivity contribution in [2.24, 2.45) is 0 Å². The third-order valence-electron chi connectivity index (χ3n) is 3.72. The second-order valence-corrected chi connectivity index (χ2v) is 6.15. The zero-order chi connectivity index (χ0) is 18.4. The van der Waals surface area contributed by atoms with Crippen molar-refractivity contribution in [2.75, 3.05) is 18.5 Å². The number of esters is 1. The van der Waals surface area contributed by atoms with Gasteiger partial charge in [0, 0.05) is 11.6 Å². The zero-order valence-electron chi connectivity index (χ0n) is 13.9. The predicted octanol–water partition coefficient (Wildman–Crippen LogP) is 3.79. The van der Waals surface area contributed by atoms with Gasteiger partial charge in [0.1, 0.15) is 5.75 Å². The van der Waals surface area contributed by atoms with Gasteiger partial charge >= 0.3 is 5.97 Å². The first-order valence-corrected chi connectivity index (χ1v) is 8.60. The summed E-state index contributed by atoms with van der Waals surface area (Å²) in [5, 5.41) is 3.09. The maximum Gasteiger partial charge on any atom is 0.335 e. The van der Waals surface area contributed by atoms with E-state index >= 15 is 0 Å². The molecule has 0 aromatic heterocycles. The molecule has 1 amide bonds. The number of hydrogen-bond donors (Lipinski definition) is 1. The largest absolute Gasteiger partial charge is 0.455 e. The van der Waals surface area contributed by atoms with Crippen LogP contribution in [0.3, 0.4) is 0 Å². The summed E-state index contributed by atoms with van der Waals surface area (Å²) in [6.45, 7) is 0.130. The first-order valence-electron chi connectivity index (χ1n) is 8.22. The highest BCUT2D eigenvalue weighted by molar-refractivity contribution is 6.31. The first-order chi connectivity index (χ1) is 12.6. The molecule has 136 valence electrons. The van der Waals surface area contributed by atoms with Crippen LogP contribution in [0.25, 0.3) is 0 Å². The number of ether oxygens (including phenoxy) is 3. The van der Waals surface area contributed by atoms with Crippen LogP contribution in [0, 0.1) is 0 Å². The van der Waals surface area contributed by atoms with E-state index in [4.69, 9.17) is 25.8 Å². The Labute approximate surface area is 156 Å². The maximum absolute atomic E-state index is 12.1. The number of benzene rings is 2. The van der Waals surface area contributed by atoms with Gasteiger partial charge in [0.05, 0.1) is 5.69 Å². The summed E-state index contributed by atoms with van der Waals surface area (Å²) < 4.78 is 16.0. The molecule has 1 fully saturated rings. The van der Waals surface area contributed by atoms with Gasteiger partial charge in [-0.2, -0.15) is 0 Å². The van der Waals surface area contributed by atoms with Crippen LogP contribution in [0.2, 0.25) is 5.02 Å². The summed E-state index contributed by atoms with van der Waals surface area (Å²) in [5.74, 6) is 0.0376. The molecule has 1 N–H and O–H groups in total. The SMILES string of the molecule is O=C(COC(=O)C1CCCO1)Nc1cc(Cl)ccc1Oc1ccccc1. The average Bonchev–Trinajstić information content (AvgIpc) is 3.18. The number of para-hydroxylation sites is 1. The minimum absolute atomic E-state index is 0.388. The van der Waals surface area contributed by atoms with Crippen LogP contribution in [-0.2, 0) is 19.1 Å². The molecule has 6 nitrogen and oxygen atoms in total. The Kier molecular flexibility index (Phi) is 6.09. The van der Waals surface area contributed by atoms with Crippen LogP contribution in [0.15, 0.2) is 48.5 Å². The van der Waals surface area contributed by atoms with Crippen LogP contribution in [0.5, 0.6) is 11.5 Å². The molecule has 3 rings (SSSR count). The molecule has 1 aliphatic rings. The van der Waals surface area contributed by atoms with Crippen molar-refractivity contribution >= 4 is 29.2 Å². The van der Waals surface area contributed by atoms with Crippen molar-refractivity contribution in [3.8, 4) is 11.5 Å². The van der Waals surface area contributed by atoms with Gasteiger partial charge < -0.3 is 19.5 Å². The van der Waals surface area contributed by atoms with E-state index in [2.05, 4.69) is 5.32 Å². The molecule has 1 saturated heterocycles. The van der Waals surface area contributed by atoms with Crippen LogP contribution < -0.4 is 10.1 Å². The Morgan fingerprint density at radius 1 is 1.19 bits per heavy atom. The minimum Gasteiger partial charge on any atom is -0.455 e. The molecule has 1 unspecified atom stereocenters. The second-order valence-electron chi connectivity index (χ2n) is 5.71. The van der Waals surface area contributed by atoms with Gasteiger partial charge in [-0.3, -0.25) is 4.79 Å². The van der Waals surface area contributed by atoms with E-state index in [1.165, 1.54) is 0 Å². The Hall–Kier alpha value is -2.57. The van der Waals surface area contributed by atoms with Gasteiger partial charge in [0.25, 0.3) is 5.91 Å². The van der Waals surface area contributed by atoms with E-state index in [1.54, 1.807) is 30.3 Å². The number of rotatable bonds is 6. The van der Waals surface area contributed by atoms with E-state index in [9.17, 15) is 9.59 Å². The Bertz CT molecular complexity index is 775. The Balaban J connectivity index is 1.61. The molecule has 7 heteroatoms. The smallest absolute Gasteiger partial charge is 0.335 e. The topological polar surface area (TPSA) is 73.9 Å². The van der Waals surface area contributed by atoms with Crippen molar-refractivity contribution in [3.63, 3.8) is 0 Å². The number of nitrogens with one attached hydrogen (secondary N) is 1. The van der Waals surface area contributed by atoms with Crippen molar-refractivity contribution in [1.29, 1.82) is 0 Å². The molecule has 1 atom stereocenters. The van der Waals surface area contributed by atoms with Gasteiger partial charge in [0.2, 0.25) is 0 Å². The lowest BCUT2D eigenvalue weighted by Crippen LogP contribution is -2.27. The Morgan fingerprint density at radius 3 is 2.73 bits per heavy atom. The summed E-state index contributed by atoms with van der Waals surface area (Å²) in [4.78, 5) is 23.9.